The Bertz CT molecular complexity index is 2930. The van der Waals surface area contributed by atoms with Crippen molar-refractivity contribution in [3.63, 3.8) is 0 Å². The number of anilines is 3. The van der Waals surface area contributed by atoms with E-state index in [1.165, 1.54) is 76.5 Å². The van der Waals surface area contributed by atoms with E-state index in [0.717, 1.165) is 17.1 Å². The van der Waals surface area contributed by atoms with Gasteiger partial charge in [-0.25, -0.2) is 0 Å². The van der Waals surface area contributed by atoms with Crippen molar-refractivity contribution in [1.29, 1.82) is 0 Å². The van der Waals surface area contributed by atoms with Crippen molar-refractivity contribution >= 4 is 60.2 Å². The molecule has 10 aromatic carbocycles. The van der Waals surface area contributed by atoms with Gasteiger partial charge in [0.2, 0.25) is 0 Å². The third kappa shape index (κ3) is 5.42. The monoisotopic (exact) mass is 673 g/mol. The predicted molar refractivity (Wildman–Crippen MR) is 227 cm³/mol. The molecule has 0 radical (unpaired) electrons. The van der Waals surface area contributed by atoms with Crippen molar-refractivity contribution in [1.82, 2.24) is 0 Å². The van der Waals surface area contributed by atoms with Gasteiger partial charge in [-0.2, -0.15) is 0 Å². The molecule has 0 saturated carbocycles. The number of rotatable bonds is 6. The van der Waals surface area contributed by atoms with Crippen molar-refractivity contribution in [2.75, 3.05) is 4.90 Å². The molecule has 248 valence electrons. The van der Waals surface area contributed by atoms with E-state index < -0.39 is 0 Å². The van der Waals surface area contributed by atoms with Gasteiger partial charge >= 0.3 is 0 Å². The molecule has 0 aliphatic carbocycles. The number of fused-ring (bicyclic) bond motifs is 5. The van der Waals surface area contributed by atoms with Crippen LogP contribution in [0.3, 0.4) is 0 Å². The molecule has 0 aromatic heterocycles. The van der Waals surface area contributed by atoms with Gasteiger partial charge < -0.3 is 4.90 Å². The highest BCUT2D eigenvalue weighted by molar-refractivity contribution is 6.14. The Balaban J connectivity index is 1.14. The Labute approximate surface area is 309 Å². The lowest BCUT2D eigenvalue weighted by atomic mass is 9.93. The number of para-hydroxylation sites is 1. The Morgan fingerprint density at radius 3 is 1.34 bits per heavy atom. The third-order valence-corrected chi connectivity index (χ3v) is 10.7. The highest BCUT2D eigenvalue weighted by Crippen LogP contribution is 2.44. The second-order valence-electron chi connectivity index (χ2n) is 13.7. The van der Waals surface area contributed by atoms with E-state index in [0.29, 0.717) is 0 Å². The fraction of sp³-hybridized carbons (Fsp3) is 0. The van der Waals surface area contributed by atoms with Crippen molar-refractivity contribution < 1.29 is 0 Å². The lowest BCUT2D eigenvalue weighted by molar-refractivity contribution is 1.28. The van der Waals surface area contributed by atoms with Crippen molar-refractivity contribution in [2.24, 2.45) is 0 Å². The summed E-state index contributed by atoms with van der Waals surface area (Å²) < 4.78 is 0. The van der Waals surface area contributed by atoms with E-state index >= 15 is 0 Å². The molecule has 1 heteroatoms. The Kier molecular flexibility index (Phi) is 7.55. The van der Waals surface area contributed by atoms with E-state index in [-0.39, 0.29) is 0 Å². The fourth-order valence-electron chi connectivity index (χ4n) is 8.13. The molecular formula is C52H35N. The summed E-state index contributed by atoms with van der Waals surface area (Å²) >= 11 is 0. The maximum atomic E-state index is 2.41. The largest absolute Gasteiger partial charge is 0.310 e. The second-order valence-corrected chi connectivity index (χ2v) is 13.7. The van der Waals surface area contributed by atoms with Crippen LogP contribution >= 0.6 is 0 Å². The molecule has 0 heterocycles. The van der Waals surface area contributed by atoms with Gasteiger partial charge in [0, 0.05) is 16.9 Å². The first-order valence-electron chi connectivity index (χ1n) is 18.3. The first-order chi connectivity index (χ1) is 26.3. The molecule has 0 unspecified atom stereocenters. The maximum absolute atomic E-state index is 2.41. The summed E-state index contributed by atoms with van der Waals surface area (Å²) in [6.07, 6.45) is 0. The normalized spacial score (nSPS) is 11.4. The summed E-state index contributed by atoms with van der Waals surface area (Å²) in [6, 6.07) is 77.2. The van der Waals surface area contributed by atoms with Crippen LogP contribution in [-0.2, 0) is 0 Å². The van der Waals surface area contributed by atoms with Gasteiger partial charge in [-0.05, 0) is 107 Å². The zero-order chi connectivity index (χ0) is 35.1. The van der Waals surface area contributed by atoms with Gasteiger partial charge in [-0.3, -0.25) is 0 Å². The van der Waals surface area contributed by atoms with Crippen LogP contribution in [0, 0.1) is 0 Å². The molecule has 0 fully saturated rings. The minimum atomic E-state index is 1.10. The molecular weight excluding hydrogens is 639 g/mol. The molecule has 0 spiro atoms. The quantitative estimate of drug-likeness (QED) is 0.159. The Morgan fingerprint density at radius 2 is 0.679 bits per heavy atom. The zero-order valence-corrected chi connectivity index (χ0v) is 29.2. The van der Waals surface area contributed by atoms with Crippen LogP contribution in [-0.4, -0.2) is 0 Å². The van der Waals surface area contributed by atoms with Gasteiger partial charge in [0.25, 0.3) is 0 Å². The summed E-state index contributed by atoms with van der Waals surface area (Å²) in [5, 5.41) is 10.1. The average Bonchev–Trinajstić information content (AvgIpc) is 3.24. The minimum Gasteiger partial charge on any atom is -0.310 e. The third-order valence-electron chi connectivity index (χ3n) is 10.7. The lowest BCUT2D eigenvalue weighted by Crippen LogP contribution is -2.11. The molecule has 0 aliphatic heterocycles. The molecule has 0 amide bonds. The lowest BCUT2D eigenvalue weighted by Gasteiger charge is -2.28. The van der Waals surface area contributed by atoms with Gasteiger partial charge in [-0.1, -0.05) is 176 Å². The molecule has 0 bridgehead atoms. The zero-order valence-electron chi connectivity index (χ0n) is 29.2. The van der Waals surface area contributed by atoms with Crippen molar-refractivity contribution in [3.8, 4) is 33.4 Å². The van der Waals surface area contributed by atoms with Crippen LogP contribution in [0.25, 0.3) is 76.5 Å². The van der Waals surface area contributed by atoms with Gasteiger partial charge in [0.05, 0.1) is 5.69 Å². The van der Waals surface area contributed by atoms with Crippen LogP contribution in [0.15, 0.2) is 212 Å². The summed E-state index contributed by atoms with van der Waals surface area (Å²) in [6.45, 7) is 0. The van der Waals surface area contributed by atoms with Crippen molar-refractivity contribution in [2.45, 2.75) is 0 Å². The number of hydrogen-bond acceptors (Lipinski definition) is 1. The van der Waals surface area contributed by atoms with Crippen molar-refractivity contribution in [3.05, 3.63) is 212 Å². The molecule has 1 nitrogen and oxygen atoms in total. The number of hydrogen-bond donors (Lipinski definition) is 0. The van der Waals surface area contributed by atoms with Crippen LogP contribution < -0.4 is 4.90 Å². The average molecular weight is 674 g/mol. The van der Waals surface area contributed by atoms with Crippen LogP contribution in [0.5, 0.6) is 0 Å². The minimum absolute atomic E-state index is 1.10. The molecule has 10 aromatic rings. The Morgan fingerprint density at radius 1 is 0.245 bits per heavy atom. The van der Waals surface area contributed by atoms with E-state index in [1.54, 1.807) is 0 Å². The van der Waals surface area contributed by atoms with Crippen LogP contribution in [0.2, 0.25) is 0 Å². The molecule has 0 N–H and O–H groups in total. The fourth-order valence-corrected chi connectivity index (χ4v) is 8.13. The SMILES string of the molecule is c1ccc(N(c2ccc(-c3cccc4ccccc34)cc2)c2ccc(-c3cc4ccccc4c4ccccc34)cc2)c(-c2cccc3ccccc23)c1. The predicted octanol–water partition coefficient (Wildman–Crippen LogP) is 14.8. The Hall–Kier alpha value is -6.96. The smallest absolute Gasteiger partial charge is 0.0540 e. The highest BCUT2D eigenvalue weighted by Gasteiger charge is 2.19. The maximum Gasteiger partial charge on any atom is 0.0540 e. The summed E-state index contributed by atoms with van der Waals surface area (Å²) in [7, 11) is 0. The highest BCUT2D eigenvalue weighted by atomic mass is 15.1. The van der Waals surface area contributed by atoms with Gasteiger partial charge in [0.15, 0.2) is 0 Å². The molecule has 0 aliphatic rings. The standard InChI is InChI=1S/C52H35N/c1-4-18-43-36(13-1)16-11-24-44(43)38-27-31-41(32-28-38)53(52-26-10-9-23-50(52)48-25-12-17-37-14-2-5-19-45(37)48)42-33-29-39(30-34-42)51-35-40-15-3-6-20-46(40)47-21-7-8-22-49(47)51/h1-35H. The number of benzene rings is 10. The molecule has 53 heavy (non-hydrogen) atoms. The summed E-state index contributed by atoms with van der Waals surface area (Å²) in [4.78, 5) is 2.41. The van der Waals surface area contributed by atoms with E-state index in [1.807, 2.05) is 0 Å². The van der Waals surface area contributed by atoms with E-state index in [4.69, 9.17) is 0 Å². The van der Waals surface area contributed by atoms with E-state index in [2.05, 4.69) is 217 Å². The van der Waals surface area contributed by atoms with E-state index in [9.17, 15) is 0 Å². The van der Waals surface area contributed by atoms with Gasteiger partial charge in [0.1, 0.15) is 0 Å². The molecule has 10 rings (SSSR count). The number of nitrogens with zero attached hydrogens (tertiary/aromatic N) is 1. The summed E-state index contributed by atoms with van der Waals surface area (Å²) in [5.41, 5.74) is 10.6. The molecule has 0 atom stereocenters. The first-order valence-corrected chi connectivity index (χ1v) is 18.3. The first kappa shape index (κ1) is 30.8. The van der Waals surface area contributed by atoms with Gasteiger partial charge in [-0.15, -0.1) is 0 Å². The topological polar surface area (TPSA) is 3.24 Å². The van der Waals surface area contributed by atoms with Crippen LogP contribution in [0.4, 0.5) is 17.1 Å². The molecule has 0 saturated heterocycles. The van der Waals surface area contributed by atoms with Crippen LogP contribution in [0.1, 0.15) is 0 Å². The second kappa shape index (κ2) is 13.0. The summed E-state index contributed by atoms with van der Waals surface area (Å²) in [5.74, 6) is 0.